The monoisotopic (exact) mass is 275 g/mol. The maximum Gasteiger partial charge on any atom is 0.225 e. The van der Waals surface area contributed by atoms with E-state index in [0.29, 0.717) is 4.99 Å². The predicted octanol–water partition coefficient (Wildman–Crippen LogP) is 1.04. The first-order chi connectivity index (χ1) is 9.18. The third-order valence-corrected chi connectivity index (χ3v) is 4.30. The number of rotatable bonds is 2. The SMILES string of the molecule is NC(=S)c1ccccc1N1CCCC2C(=O)NCC21. The minimum absolute atomic E-state index is 0.105. The van der Waals surface area contributed by atoms with Crippen LogP contribution in [0.15, 0.2) is 24.3 Å². The maximum absolute atomic E-state index is 11.8. The van der Waals surface area contributed by atoms with E-state index in [-0.39, 0.29) is 17.9 Å². The lowest BCUT2D eigenvalue weighted by Gasteiger charge is -2.38. The molecule has 1 aromatic rings. The van der Waals surface area contributed by atoms with Crippen LogP contribution in [0.1, 0.15) is 18.4 Å². The molecule has 3 rings (SSSR count). The van der Waals surface area contributed by atoms with Crippen LogP contribution in [-0.2, 0) is 4.79 Å². The highest BCUT2D eigenvalue weighted by atomic mass is 32.1. The van der Waals surface area contributed by atoms with Crippen molar-refractivity contribution >= 4 is 28.8 Å². The van der Waals surface area contributed by atoms with Crippen molar-refractivity contribution in [3.63, 3.8) is 0 Å². The average Bonchev–Trinajstić information content (AvgIpc) is 2.81. The zero-order chi connectivity index (χ0) is 13.4. The number of nitrogens with two attached hydrogens (primary N) is 1. The summed E-state index contributed by atoms with van der Waals surface area (Å²) < 4.78 is 0. The van der Waals surface area contributed by atoms with E-state index in [0.717, 1.165) is 37.2 Å². The molecule has 2 aliphatic heterocycles. The van der Waals surface area contributed by atoms with Crippen LogP contribution in [0.4, 0.5) is 5.69 Å². The van der Waals surface area contributed by atoms with Crippen molar-refractivity contribution in [3.8, 4) is 0 Å². The van der Waals surface area contributed by atoms with E-state index in [1.165, 1.54) is 0 Å². The van der Waals surface area contributed by atoms with E-state index >= 15 is 0 Å². The summed E-state index contributed by atoms with van der Waals surface area (Å²) in [5.41, 5.74) is 7.77. The summed E-state index contributed by atoms with van der Waals surface area (Å²) in [5.74, 6) is 0.288. The number of para-hydroxylation sites is 1. The van der Waals surface area contributed by atoms with Crippen LogP contribution in [0.25, 0.3) is 0 Å². The van der Waals surface area contributed by atoms with Gasteiger partial charge in [-0.05, 0) is 25.0 Å². The molecule has 0 saturated carbocycles. The van der Waals surface area contributed by atoms with Gasteiger partial charge in [-0.25, -0.2) is 0 Å². The highest BCUT2D eigenvalue weighted by molar-refractivity contribution is 7.80. The van der Waals surface area contributed by atoms with Crippen molar-refractivity contribution in [2.24, 2.45) is 11.7 Å². The summed E-state index contributed by atoms with van der Waals surface area (Å²) in [5, 5.41) is 2.97. The van der Waals surface area contributed by atoms with Gasteiger partial charge in [0.1, 0.15) is 4.99 Å². The lowest BCUT2D eigenvalue weighted by molar-refractivity contribution is -0.122. The Labute approximate surface area is 118 Å². The highest BCUT2D eigenvalue weighted by Crippen LogP contribution is 2.33. The normalized spacial score (nSPS) is 25.9. The summed E-state index contributed by atoms with van der Waals surface area (Å²) in [7, 11) is 0. The van der Waals surface area contributed by atoms with Gasteiger partial charge in [-0.15, -0.1) is 0 Å². The van der Waals surface area contributed by atoms with Crippen molar-refractivity contribution in [2.45, 2.75) is 18.9 Å². The highest BCUT2D eigenvalue weighted by Gasteiger charge is 2.41. The van der Waals surface area contributed by atoms with Crippen molar-refractivity contribution in [1.29, 1.82) is 0 Å². The summed E-state index contributed by atoms with van der Waals surface area (Å²) in [4.78, 5) is 14.5. The number of thiocarbonyl (C=S) groups is 1. The smallest absolute Gasteiger partial charge is 0.225 e. The molecule has 2 fully saturated rings. The molecular weight excluding hydrogens is 258 g/mol. The van der Waals surface area contributed by atoms with Crippen LogP contribution in [0.3, 0.4) is 0 Å². The van der Waals surface area contributed by atoms with Crippen molar-refractivity contribution in [2.75, 3.05) is 18.0 Å². The molecule has 0 aromatic heterocycles. The molecule has 0 radical (unpaired) electrons. The van der Waals surface area contributed by atoms with Crippen molar-refractivity contribution in [1.82, 2.24) is 5.32 Å². The Bertz CT molecular complexity index is 531. The number of anilines is 1. The molecule has 0 aliphatic carbocycles. The molecule has 2 aliphatic rings. The van der Waals surface area contributed by atoms with Crippen LogP contribution < -0.4 is 16.0 Å². The van der Waals surface area contributed by atoms with E-state index in [1.807, 2.05) is 24.3 Å². The molecule has 2 heterocycles. The number of fused-ring (bicyclic) bond motifs is 1. The minimum Gasteiger partial charge on any atom is -0.389 e. The molecule has 100 valence electrons. The Morgan fingerprint density at radius 2 is 2.21 bits per heavy atom. The van der Waals surface area contributed by atoms with E-state index in [4.69, 9.17) is 18.0 Å². The lowest BCUT2D eigenvalue weighted by atomic mass is 9.90. The van der Waals surface area contributed by atoms with E-state index < -0.39 is 0 Å². The van der Waals surface area contributed by atoms with Gasteiger partial charge < -0.3 is 16.0 Å². The van der Waals surface area contributed by atoms with Crippen molar-refractivity contribution in [3.05, 3.63) is 29.8 Å². The largest absolute Gasteiger partial charge is 0.389 e. The fourth-order valence-electron chi connectivity index (χ4n) is 3.18. The van der Waals surface area contributed by atoms with Crippen LogP contribution >= 0.6 is 12.2 Å². The van der Waals surface area contributed by atoms with E-state index in [1.54, 1.807) is 0 Å². The second-order valence-electron chi connectivity index (χ2n) is 5.14. The Hall–Kier alpha value is -1.62. The third kappa shape index (κ3) is 2.08. The number of carbonyl (C=O) groups excluding carboxylic acids is 1. The number of piperidine rings is 1. The Morgan fingerprint density at radius 1 is 1.42 bits per heavy atom. The first kappa shape index (κ1) is 12.4. The first-order valence-electron chi connectivity index (χ1n) is 6.61. The molecule has 2 atom stereocenters. The van der Waals surface area contributed by atoms with Gasteiger partial charge in [0.25, 0.3) is 0 Å². The number of carbonyl (C=O) groups is 1. The summed E-state index contributed by atoms with van der Waals surface area (Å²) in [6.45, 7) is 1.67. The third-order valence-electron chi connectivity index (χ3n) is 4.08. The van der Waals surface area contributed by atoms with Gasteiger partial charge in [0.05, 0.1) is 12.0 Å². The van der Waals surface area contributed by atoms with E-state index in [9.17, 15) is 4.79 Å². The number of hydrogen-bond donors (Lipinski definition) is 2. The molecule has 4 nitrogen and oxygen atoms in total. The molecule has 0 spiro atoms. The maximum atomic E-state index is 11.8. The van der Waals surface area contributed by atoms with Crippen LogP contribution in [0, 0.1) is 5.92 Å². The molecule has 1 aromatic carbocycles. The van der Waals surface area contributed by atoms with Gasteiger partial charge in [-0.1, -0.05) is 24.4 Å². The van der Waals surface area contributed by atoms with E-state index in [2.05, 4.69) is 10.2 Å². The van der Waals surface area contributed by atoms with Crippen LogP contribution in [-0.4, -0.2) is 30.0 Å². The van der Waals surface area contributed by atoms with Gasteiger partial charge in [0.2, 0.25) is 5.91 Å². The standard InChI is InChI=1S/C14H17N3OS/c15-13(19)9-4-1-2-6-11(9)17-7-3-5-10-12(17)8-16-14(10)18/h1-2,4,6,10,12H,3,5,7-8H2,(H2,15,19)(H,16,18). The Morgan fingerprint density at radius 3 is 3.00 bits per heavy atom. The molecule has 2 unspecified atom stereocenters. The van der Waals surface area contributed by atoms with Crippen LogP contribution in [0.5, 0.6) is 0 Å². The van der Waals surface area contributed by atoms with Crippen LogP contribution in [0.2, 0.25) is 0 Å². The molecule has 3 N–H and O–H groups in total. The summed E-state index contributed by atoms with van der Waals surface area (Å²) in [6, 6.07) is 8.16. The Kier molecular flexibility index (Phi) is 3.14. The number of nitrogens with one attached hydrogen (secondary N) is 1. The number of amides is 1. The Balaban J connectivity index is 1.97. The zero-order valence-corrected chi connectivity index (χ0v) is 11.5. The fourth-order valence-corrected chi connectivity index (χ4v) is 3.36. The summed E-state index contributed by atoms with van der Waals surface area (Å²) in [6.07, 6.45) is 2.00. The first-order valence-corrected chi connectivity index (χ1v) is 7.02. The van der Waals surface area contributed by atoms with Gasteiger partial charge in [-0.2, -0.15) is 0 Å². The lowest BCUT2D eigenvalue weighted by Crippen LogP contribution is -2.46. The van der Waals surface area contributed by atoms with Gasteiger partial charge >= 0.3 is 0 Å². The molecule has 19 heavy (non-hydrogen) atoms. The minimum atomic E-state index is 0.105. The fraction of sp³-hybridized carbons (Fsp3) is 0.429. The second kappa shape index (κ2) is 4.81. The molecule has 5 heteroatoms. The quantitative estimate of drug-likeness (QED) is 0.792. The number of benzene rings is 1. The van der Waals surface area contributed by atoms with Gasteiger partial charge in [-0.3, -0.25) is 4.79 Å². The second-order valence-corrected chi connectivity index (χ2v) is 5.58. The average molecular weight is 275 g/mol. The zero-order valence-electron chi connectivity index (χ0n) is 10.6. The number of nitrogens with zero attached hydrogens (tertiary/aromatic N) is 1. The summed E-state index contributed by atoms with van der Waals surface area (Å²) >= 11 is 5.13. The van der Waals surface area contributed by atoms with Gasteiger partial charge in [0.15, 0.2) is 0 Å². The molecule has 2 saturated heterocycles. The molecular formula is C14H17N3OS. The van der Waals surface area contributed by atoms with Gasteiger partial charge in [0, 0.05) is 24.3 Å². The predicted molar refractivity (Wildman–Crippen MR) is 79.2 cm³/mol. The van der Waals surface area contributed by atoms with Crippen molar-refractivity contribution < 1.29 is 4.79 Å². The molecule has 0 bridgehead atoms. The number of hydrogen-bond acceptors (Lipinski definition) is 3. The molecule has 1 amide bonds. The topological polar surface area (TPSA) is 58.4 Å².